The third-order valence-corrected chi connectivity index (χ3v) is 6.27. The van der Waals surface area contributed by atoms with Gasteiger partial charge in [0.05, 0.1) is 7.11 Å². The normalized spacial score (nSPS) is 18.9. The lowest BCUT2D eigenvalue weighted by Gasteiger charge is -2.36. The molecule has 0 bridgehead atoms. The Bertz CT molecular complexity index is 944. The molecule has 1 aliphatic carbocycles. The van der Waals surface area contributed by atoms with Crippen LogP contribution in [0, 0.1) is 11.7 Å². The lowest BCUT2D eigenvalue weighted by atomic mass is 9.96. The summed E-state index contributed by atoms with van der Waals surface area (Å²) in [5, 5.41) is 23.8. The number of piperidine rings is 1. The van der Waals surface area contributed by atoms with Crippen LogP contribution in [0.4, 0.5) is 10.2 Å². The molecule has 1 unspecified atom stereocenters. The number of nitrogens with zero attached hydrogens (tertiary/aromatic N) is 2. The summed E-state index contributed by atoms with van der Waals surface area (Å²) >= 11 is 0. The second-order valence-electron chi connectivity index (χ2n) is 8.32. The number of carbonyl (C=O) groups is 2. The molecule has 0 spiro atoms. The first kappa shape index (κ1) is 24.5. The van der Waals surface area contributed by atoms with Gasteiger partial charge in [0, 0.05) is 24.7 Å². The average molecular weight is 464 g/mol. The van der Waals surface area contributed by atoms with E-state index in [0.29, 0.717) is 24.1 Å². The van der Waals surface area contributed by atoms with Crippen molar-refractivity contribution in [3.63, 3.8) is 0 Å². The summed E-state index contributed by atoms with van der Waals surface area (Å²) in [5.41, 5.74) is 0.350. The summed E-state index contributed by atoms with van der Waals surface area (Å²) < 4.78 is 24.0. The Kier molecular flexibility index (Phi) is 8.65. The Morgan fingerprint density at radius 1 is 1.33 bits per heavy atom. The number of nitrogens with one attached hydrogen (secondary N) is 1. The Morgan fingerprint density at radius 3 is 2.73 bits per heavy atom. The fourth-order valence-electron chi connectivity index (χ4n) is 4.71. The van der Waals surface area contributed by atoms with Crippen molar-refractivity contribution in [1.29, 1.82) is 0 Å². The van der Waals surface area contributed by atoms with Crippen molar-refractivity contribution < 1.29 is 33.5 Å². The zero-order valence-electron chi connectivity index (χ0n) is 18.6. The lowest BCUT2D eigenvalue weighted by molar-refractivity contribution is -0.122. The maximum atomic E-state index is 13.7. The molecule has 0 amide bonds. The number of anilines is 1. The van der Waals surface area contributed by atoms with Gasteiger partial charge in [0.15, 0.2) is 28.7 Å². The van der Waals surface area contributed by atoms with Crippen molar-refractivity contribution in [2.75, 3.05) is 32.1 Å². The standard InChI is InChI=1S/C22H28FN3O4.CH2O2/c1-29-18-11-15(8-9-17(18)23)20-19(22(27)28)21(25-30-20)24-12-14-5-4-10-26(13-14)16-6-2-3-7-16;2-1-3/h8-9,11,14,16H,2-7,10,12-13H2,1H3,(H,24,25)(H,27,28);1H,(H,2,3). The van der Waals surface area contributed by atoms with Crippen LogP contribution >= 0.6 is 0 Å². The van der Waals surface area contributed by atoms with Crippen LogP contribution in [0.5, 0.6) is 5.75 Å². The smallest absolute Gasteiger partial charge is 0.343 e. The monoisotopic (exact) mass is 463 g/mol. The van der Waals surface area contributed by atoms with Crippen molar-refractivity contribution in [2.24, 2.45) is 5.92 Å². The van der Waals surface area contributed by atoms with Gasteiger partial charge in [-0.15, -0.1) is 0 Å². The number of halogens is 1. The van der Waals surface area contributed by atoms with Gasteiger partial charge in [0.25, 0.3) is 6.47 Å². The maximum Gasteiger partial charge on any atom is 0.343 e. The highest BCUT2D eigenvalue weighted by molar-refractivity contribution is 5.99. The Balaban J connectivity index is 0.000000968. The molecule has 2 aliphatic rings. The Labute approximate surface area is 191 Å². The number of hydrogen-bond acceptors (Lipinski definition) is 7. The highest BCUT2D eigenvalue weighted by Crippen LogP contribution is 2.33. The van der Waals surface area contributed by atoms with E-state index in [2.05, 4.69) is 15.4 Å². The molecule has 1 aromatic heterocycles. The van der Waals surface area contributed by atoms with Gasteiger partial charge in [-0.25, -0.2) is 9.18 Å². The second-order valence-corrected chi connectivity index (χ2v) is 8.32. The van der Waals surface area contributed by atoms with Crippen LogP contribution in [0.25, 0.3) is 11.3 Å². The van der Waals surface area contributed by atoms with E-state index in [1.807, 2.05) is 0 Å². The van der Waals surface area contributed by atoms with Crippen LogP contribution in [0.3, 0.4) is 0 Å². The Morgan fingerprint density at radius 2 is 2.06 bits per heavy atom. The van der Waals surface area contributed by atoms with Crippen LogP contribution in [-0.4, -0.2) is 65.5 Å². The summed E-state index contributed by atoms with van der Waals surface area (Å²) in [5.74, 6) is -0.928. The highest BCUT2D eigenvalue weighted by Gasteiger charge is 2.29. The third-order valence-electron chi connectivity index (χ3n) is 6.27. The van der Waals surface area contributed by atoms with Gasteiger partial charge in [-0.2, -0.15) is 0 Å². The SMILES string of the molecule is COc1cc(-c2onc(NCC3CCCN(C4CCCC4)C3)c2C(=O)O)ccc1F.O=CO. The number of aromatic carboxylic acids is 1. The molecule has 2 heterocycles. The minimum atomic E-state index is -1.15. The Hall–Kier alpha value is -3.14. The molecule has 1 aromatic carbocycles. The van der Waals surface area contributed by atoms with E-state index in [-0.39, 0.29) is 29.4 Å². The molecule has 4 rings (SSSR count). The molecule has 1 saturated carbocycles. The fourth-order valence-corrected chi connectivity index (χ4v) is 4.71. The molecule has 3 N–H and O–H groups in total. The summed E-state index contributed by atoms with van der Waals surface area (Å²) in [6.45, 7) is 2.57. The van der Waals surface area contributed by atoms with Gasteiger partial charge < -0.3 is 29.7 Å². The molecule has 2 fully saturated rings. The van der Waals surface area contributed by atoms with Gasteiger partial charge in [0.2, 0.25) is 0 Å². The van der Waals surface area contributed by atoms with E-state index in [1.165, 1.54) is 51.0 Å². The molecule has 33 heavy (non-hydrogen) atoms. The van der Waals surface area contributed by atoms with Crippen LogP contribution in [0.2, 0.25) is 0 Å². The first-order valence-electron chi connectivity index (χ1n) is 11.1. The quantitative estimate of drug-likeness (QED) is 0.523. The van der Waals surface area contributed by atoms with E-state index in [9.17, 15) is 14.3 Å². The lowest BCUT2D eigenvalue weighted by Crippen LogP contribution is -2.43. The molecule has 1 atom stereocenters. The first-order valence-corrected chi connectivity index (χ1v) is 11.1. The number of benzene rings is 1. The van der Waals surface area contributed by atoms with Gasteiger partial charge >= 0.3 is 5.97 Å². The fraction of sp³-hybridized carbons (Fsp3) is 0.522. The number of carboxylic acids is 1. The van der Waals surface area contributed by atoms with Crippen LogP contribution in [0.15, 0.2) is 22.7 Å². The topological polar surface area (TPSA) is 125 Å². The maximum absolute atomic E-state index is 13.7. The molecule has 2 aromatic rings. The summed E-state index contributed by atoms with van der Waals surface area (Å²) in [6.07, 6.45) is 7.49. The van der Waals surface area contributed by atoms with E-state index in [1.54, 1.807) is 0 Å². The predicted molar refractivity (Wildman–Crippen MR) is 119 cm³/mol. The number of hydrogen-bond donors (Lipinski definition) is 3. The first-order chi connectivity index (χ1) is 16.0. The number of rotatable bonds is 7. The molecule has 1 aliphatic heterocycles. The number of likely N-dealkylation sites (tertiary alicyclic amines) is 1. The van der Waals surface area contributed by atoms with E-state index < -0.39 is 11.8 Å². The summed E-state index contributed by atoms with van der Waals surface area (Å²) in [4.78, 5) is 22.9. The minimum absolute atomic E-state index is 0.0176. The molecule has 9 nitrogen and oxygen atoms in total. The molecule has 180 valence electrons. The van der Waals surface area contributed by atoms with Crippen molar-refractivity contribution in [1.82, 2.24) is 10.1 Å². The van der Waals surface area contributed by atoms with Gasteiger partial charge in [-0.1, -0.05) is 18.0 Å². The molecule has 10 heteroatoms. The molecule has 0 radical (unpaired) electrons. The molecule has 1 saturated heterocycles. The number of methoxy groups -OCH3 is 1. The van der Waals surface area contributed by atoms with E-state index in [0.717, 1.165) is 25.9 Å². The molecular formula is C23H30FN3O6. The highest BCUT2D eigenvalue weighted by atomic mass is 19.1. The van der Waals surface area contributed by atoms with Gasteiger partial charge in [-0.3, -0.25) is 4.79 Å². The van der Waals surface area contributed by atoms with Crippen molar-refractivity contribution in [2.45, 2.75) is 44.6 Å². The number of carboxylic acid groups (broad SMARTS) is 2. The van der Waals surface area contributed by atoms with Crippen LogP contribution in [-0.2, 0) is 4.79 Å². The zero-order chi connectivity index (χ0) is 23.8. The third kappa shape index (κ3) is 6.01. The van der Waals surface area contributed by atoms with Crippen LogP contribution in [0.1, 0.15) is 48.9 Å². The number of ether oxygens (including phenoxy) is 1. The second kappa shape index (κ2) is 11.6. The summed E-state index contributed by atoms with van der Waals surface area (Å²) in [6, 6.07) is 4.78. The summed E-state index contributed by atoms with van der Waals surface area (Å²) in [7, 11) is 1.35. The van der Waals surface area contributed by atoms with E-state index in [4.69, 9.17) is 19.2 Å². The average Bonchev–Trinajstić information content (AvgIpc) is 3.49. The van der Waals surface area contributed by atoms with Crippen LogP contribution < -0.4 is 10.1 Å². The zero-order valence-corrected chi connectivity index (χ0v) is 18.6. The van der Waals surface area contributed by atoms with Crippen molar-refractivity contribution >= 4 is 18.3 Å². The largest absolute Gasteiger partial charge is 0.494 e. The van der Waals surface area contributed by atoms with E-state index >= 15 is 0 Å². The van der Waals surface area contributed by atoms with Crippen molar-refractivity contribution in [3.8, 4) is 17.1 Å². The molecular weight excluding hydrogens is 433 g/mol. The van der Waals surface area contributed by atoms with Gasteiger partial charge in [-0.05, 0) is 56.3 Å². The van der Waals surface area contributed by atoms with Crippen molar-refractivity contribution in [3.05, 3.63) is 29.6 Å². The minimum Gasteiger partial charge on any atom is -0.494 e. The predicted octanol–water partition coefficient (Wildman–Crippen LogP) is 3.95. The number of aromatic nitrogens is 1. The van der Waals surface area contributed by atoms with Gasteiger partial charge in [0.1, 0.15) is 0 Å².